The van der Waals surface area contributed by atoms with E-state index in [0.717, 1.165) is 0 Å². The van der Waals surface area contributed by atoms with Crippen molar-refractivity contribution < 1.29 is 22.7 Å². The van der Waals surface area contributed by atoms with Crippen LogP contribution in [0.5, 0.6) is 0 Å². The summed E-state index contributed by atoms with van der Waals surface area (Å²) >= 11 is 0. The Morgan fingerprint density at radius 2 is 1.90 bits per heavy atom. The lowest BCUT2D eigenvalue weighted by Gasteiger charge is -2.15. The second-order valence-corrected chi connectivity index (χ2v) is 6.49. The van der Waals surface area contributed by atoms with E-state index in [-0.39, 0.29) is 23.7 Å². The quantitative estimate of drug-likeness (QED) is 0.669. The molecule has 0 saturated carbocycles. The zero-order chi connectivity index (χ0) is 15.9. The average Bonchev–Trinajstić information content (AvgIpc) is 2.44. The van der Waals surface area contributed by atoms with Gasteiger partial charge >= 0.3 is 0 Å². The average molecular weight is 314 g/mol. The smallest absolute Gasteiger partial charge is 0.246 e. The molecule has 3 N–H and O–H groups in total. The van der Waals surface area contributed by atoms with Crippen LogP contribution >= 0.6 is 0 Å². The van der Waals surface area contributed by atoms with Crippen LogP contribution in [0, 0.1) is 0 Å². The predicted molar refractivity (Wildman–Crippen MR) is 76.1 cm³/mol. The number of amides is 2. The van der Waals surface area contributed by atoms with Crippen molar-refractivity contribution in [3.05, 3.63) is 30.3 Å². The van der Waals surface area contributed by atoms with Gasteiger partial charge in [-0.15, -0.1) is 0 Å². The van der Waals surface area contributed by atoms with Crippen molar-refractivity contribution >= 4 is 21.7 Å². The number of carbonyl (C=O) groups is 2. The molecule has 0 radical (unpaired) electrons. The van der Waals surface area contributed by atoms with Gasteiger partial charge in [-0.1, -0.05) is 18.2 Å². The van der Waals surface area contributed by atoms with E-state index in [1.807, 2.05) is 0 Å². The molecule has 116 valence electrons. The molecular weight excluding hydrogens is 296 g/mol. The molecule has 8 heteroatoms. The number of ether oxygens (including phenoxy) is 1. The molecule has 0 aromatic heterocycles. The molecule has 0 spiro atoms. The number of nitrogens with two attached hydrogens (primary N) is 1. The molecule has 0 aliphatic carbocycles. The van der Waals surface area contributed by atoms with Crippen LogP contribution in [0.3, 0.4) is 0 Å². The van der Waals surface area contributed by atoms with Gasteiger partial charge in [0.1, 0.15) is 12.6 Å². The first-order valence-corrected chi connectivity index (χ1v) is 7.87. The zero-order valence-electron chi connectivity index (χ0n) is 11.6. The van der Waals surface area contributed by atoms with Gasteiger partial charge in [-0.3, -0.25) is 9.59 Å². The lowest BCUT2D eigenvalue weighted by molar-refractivity contribution is -0.129. The Balaban J connectivity index is 2.69. The SMILES string of the molecule is COCC(=O)N[C@H](CCS(=O)(=O)c1ccccc1)C(N)=O. The molecule has 0 aliphatic heterocycles. The zero-order valence-corrected chi connectivity index (χ0v) is 12.4. The van der Waals surface area contributed by atoms with Crippen molar-refractivity contribution in [2.45, 2.75) is 17.4 Å². The Labute approximate surface area is 123 Å². The van der Waals surface area contributed by atoms with Crippen molar-refractivity contribution in [2.75, 3.05) is 19.5 Å². The number of carbonyl (C=O) groups excluding carboxylic acids is 2. The first-order chi connectivity index (χ1) is 9.86. The van der Waals surface area contributed by atoms with E-state index in [9.17, 15) is 18.0 Å². The molecule has 1 aromatic rings. The van der Waals surface area contributed by atoms with Crippen molar-refractivity contribution in [3.63, 3.8) is 0 Å². The van der Waals surface area contributed by atoms with Crippen LogP contribution in [-0.4, -0.2) is 45.7 Å². The maximum Gasteiger partial charge on any atom is 0.246 e. The highest BCUT2D eigenvalue weighted by atomic mass is 32.2. The van der Waals surface area contributed by atoms with Crippen LogP contribution in [0.4, 0.5) is 0 Å². The van der Waals surface area contributed by atoms with Crippen LogP contribution in [0.1, 0.15) is 6.42 Å². The van der Waals surface area contributed by atoms with Gasteiger partial charge in [0.15, 0.2) is 9.84 Å². The molecule has 1 rings (SSSR count). The Hall–Kier alpha value is -1.93. The minimum absolute atomic E-state index is 0.0952. The lowest BCUT2D eigenvalue weighted by Crippen LogP contribution is -2.46. The molecule has 0 fully saturated rings. The Kier molecular flexibility index (Phi) is 6.32. The third kappa shape index (κ3) is 5.52. The highest BCUT2D eigenvalue weighted by Crippen LogP contribution is 2.12. The molecule has 1 aromatic carbocycles. The van der Waals surface area contributed by atoms with Crippen LogP contribution in [0.15, 0.2) is 35.2 Å². The summed E-state index contributed by atoms with van der Waals surface area (Å²) in [6, 6.07) is 6.82. The summed E-state index contributed by atoms with van der Waals surface area (Å²) in [5, 5.41) is 2.34. The number of primary amides is 1. The van der Waals surface area contributed by atoms with E-state index >= 15 is 0 Å². The normalized spacial score (nSPS) is 12.6. The predicted octanol–water partition coefficient (Wildman–Crippen LogP) is -0.533. The maximum atomic E-state index is 12.1. The molecule has 7 nitrogen and oxygen atoms in total. The van der Waals surface area contributed by atoms with Gasteiger partial charge in [0, 0.05) is 7.11 Å². The number of methoxy groups -OCH3 is 1. The number of hydrogen-bond donors (Lipinski definition) is 2. The first kappa shape index (κ1) is 17.1. The molecule has 1 atom stereocenters. The molecule has 0 unspecified atom stereocenters. The number of rotatable bonds is 8. The largest absolute Gasteiger partial charge is 0.375 e. The number of sulfone groups is 1. The van der Waals surface area contributed by atoms with Crippen molar-refractivity contribution in [1.82, 2.24) is 5.32 Å². The summed E-state index contributed by atoms with van der Waals surface area (Å²) in [6.45, 7) is -0.227. The minimum Gasteiger partial charge on any atom is -0.375 e. The molecule has 21 heavy (non-hydrogen) atoms. The standard InChI is InChI=1S/C13H18N2O5S/c1-20-9-12(16)15-11(13(14)17)7-8-21(18,19)10-5-3-2-4-6-10/h2-6,11H,7-9H2,1H3,(H2,14,17)(H,15,16)/t11-/m1/s1. The van der Waals surface area contributed by atoms with Crippen LogP contribution in [-0.2, 0) is 24.2 Å². The Morgan fingerprint density at radius 1 is 1.29 bits per heavy atom. The fourth-order valence-corrected chi connectivity index (χ4v) is 3.02. The second kappa shape index (κ2) is 7.75. The van der Waals surface area contributed by atoms with Gasteiger partial charge < -0.3 is 15.8 Å². The van der Waals surface area contributed by atoms with Gasteiger partial charge in [-0.25, -0.2) is 8.42 Å². The highest BCUT2D eigenvalue weighted by Gasteiger charge is 2.22. The first-order valence-electron chi connectivity index (χ1n) is 6.22. The van der Waals surface area contributed by atoms with Crippen molar-refractivity contribution in [3.8, 4) is 0 Å². The van der Waals surface area contributed by atoms with Crippen molar-refractivity contribution in [1.29, 1.82) is 0 Å². The molecule has 0 aliphatic rings. The molecule has 2 amide bonds. The third-order valence-electron chi connectivity index (χ3n) is 2.73. The topological polar surface area (TPSA) is 116 Å². The monoisotopic (exact) mass is 314 g/mol. The molecule has 0 bridgehead atoms. The fraction of sp³-hybridized carbons (Fsp3) is 0.385. The molecule has 0 saturated heterocycles. The summed E-state index contributed by atoms with van der Waals surface area (Å²) in [7, 11) is -2.20. The van der Waals surface area contributed by atoms with Crippen LogP contribution < -0.4 is 11.1 Å². The Morgan fingerprint density at radius 3 is 2.43 bits per heavy atom. The van der Waals surface area contributed by atoms with Gasteiger partial charge in [0.2, 0.25) is 11.8 Å². The highest BCUT2D eigenvalue weighted by molar-refractivity contribution is 7.91. The third-order valence-corrected chi connectivity index (χ3v) is 4.50. The van der Waals surface area contributed by atoms with E-state index < -0.39 is 27.7 Å². The summed E-state index contributed by atoms with van der Waals surface area (Å²) in [6.07, 6.45) is -0.0952. The second-order valence-electron chi connectivity index (χ2n) is 4.38. The molecule has 0 heterocycles. The van der Waals surface area contributed by atoms with Crippen LogP contribution in [0.2, 0.25) is 0 Å². The minimum atomic E-state index is -3.53. The maximum absolute atomic E-state index is 12.1. The van der Waals surface area contributed by atoms with Gasteiger partial charge in [0.25, 0.3) is 0 Å². The summed E-state index contributed by atoms with van der Waals surface area (Å²) < 4.78 is 28.8. The van der Waals surface area contributed by atoms with E-state index in [1.165, 1.54) is 19.2 Å². The van der Waals surface area contributed by atoms with Gasteiger partial charge in [0.05, 0.1) is 10.6 Å². The lowest BCUT2D eigenvalue weighted by atomic mass is 10.2. The number of benzene rings is 1. The van der Waals surface area contributed by atoms with Crippen molar-refractivity contribution in [2.24, 2.45) is 5.73 Å². The van der Waals surface area contributed by atoms with Gasteiger partial charge in [-0.05, 0) is 18.6 Å². The van der Waals surface area contributed by atoms with E-state index in [1.54, 1.807) is 18.2 Å². The Bertz CT molecular complexity index is 586. The summed E-state index contributed by atoms with van der Waals surface area (Å²) in [4.78, 5) is 22.8. The van der Waals surface area contributed by atoms with E-state index in [2.05, 4.69) is 10.1 Å². The van der Waals surface area contributed by atoms with E-state index in [0.29, 0.717) is 0 Å². The van der Waals surface area contributed by atoms with Crippen LogP contribution in [0.25, 0.3) is 0 Å². The summed E-state index contributed by atoms with van der Waals surface area (Å²) in [5.41, 5.74) is 5.16. The fourth-order valence-electron chi connectivity index (χ4n) is 1.67. The number of nitrogens with one attached hydrogen (secondary N) is 1. The molecular formula is C13H18N2O5S. The number of hydrogen-bond acceptors (Lipinski definition) is 5. The summed E-state index contributed by atoms with van der Waals surface area (Å²) in [5.74, 6) is -1.61. The van der Waals surface area contributed by atoms with Gasteiger partial charge in [-0.2, -0.15) is 0 Å². The van der Waals surface area contributed by atoms with E-state index in [4.69, 9.17) is 5.73 Å².